The van der Waals surface area contributed by atoms with Crippen molar-refractivity contribution in [3.05, 3.63) is 29.8 Å². The van der Waals surface area contributed by atoms with Crippen molar-refractivity contribution in [2.75, 3.05) is 13.1 Å². The summed E-state index contributed by atoms with van der Waals surface area (Å²) < 4.78 is 22.2. The van der Waals surface area contributed by atoms with E-state index >= 15 is 0 Å². The van der Waals surface area contributed by atoms with Crippen LogP contribution in [0.25, 0.3) is 0 Å². The fraction of sp³-hybridized carbons (Fsp3) is 0.462. The third kappa shape index (κ3) is 6.03. The van der Waals surface area contributed by atoms with Gasteiger partial charge >= 0.3 is 6.03 Å². The lowest BCUT2D eigenvalue weighted by molar-refractivity contribution is 0.241. The highest BCUT2D eigenvalue weighted by molar-refractivity contribution is 7.89. The maximum atomic E-state index is 11.4. The number of carbonyl (C=O) groups excluding carboxylic acids is 1. The molecule has 0 bridgehead atoms. The molecular formula is C13H21N3O3S. The normalized spacial score (nSPS) is 11.1. The maximum absolute atomic E-state index is 11.4. The molecule has 0 fully saturated rings. The largest absolute Gasteiger partial charge is 0.338 e. The molecule has 0 aliphatic heterocycles. The zero-order valence-corrected chi connectivity index (χ0v) is 12.4. The zero-order valence-electron chi connectivity index (χ0n) is 11.6. The van der Waals surface area contributed by atoms with Gasteiger partial charge in [0.05, 0.1) is 4.90 Å². The van der Waals surface area contributed by atoms with E-state index in [1.165, 1.54) is 12.1 Å². The van der Waals surface area contributed by atoms with E-state index in [-0.39, 0.29) is 10.9 Å². The Morgan fingerprint density at radius 3 is 2.30 bits per heavy atom. The van der Waals surface area contributed by atoms with Crippen LogP contribution in [-0.2, 0) is 16.4 Å². The summed E-state index contributed by atoms with van der Waals surface area (Å²) in [6, 6.07) is 6.13. The van der Waals surface area contributed by atoms with E-state index in [1.54, 1.807) is 12.1 Å². The van der Waals surface area contributed by atoms with Crippen LogP contribution in [0.15, 0.2) is 29.2 Å². The molecule has 112 valence electrons. The number of rotatable bonds is 7. The minimum atomic E-state index is -3.65. The van der Waals surface area contributed by atoms with Gasteiger partial charge in [-0.1, -0.05) is 25.5 Å². The SMILES string of the molecule is CCCCNC(=O)NCCc1ccc(S(N)(=O)=O)cc1. The van der Waals surface area contributed by atoms with Crippen molar-refractivity contribution in [3.8, 4) is 0 Å². The second-order valence-electron chi connectivity index (χ2n) is 4.48. The maximum Gasteiger partial charge on any atom is 0.314 e. The van der Waals surface area contributed by atoms with Gasteiger partial charge in [-0.3, -0.25) is 0 Å². The molecule has 0 aliphatic rings. The van der Waals surface area contributed by atoms with E-state index in [0.29, 0.717) is 19.5 Å². The van der Waals surface area contributed by atoms with E-state index < -0.39 is 10.0 Å². The molecule has 0 unspecified atom stereocenters. The van der Waals surface area contributed by atoms with Gasteiger partial charge in [-0.05, 0) is 30.5 Å². The van der Waals surface area contributed by atoms with Crippen molar-refractivity contribution in [2.45, 2.75) is 31.1 Å². The zero-order chi connectivity index (χ0) is 15.0. The fourth-order valence-corrected chi connectivity index (χ4v) is 2.12. The van der Waals surface area contributed by atoms with E-state index in [9.17, 15) is 13.2 Å². The summed E-state index contributed by atoms with van der Waals surface area (Å²) in [5, 5.41) is 10.5. The van der Waals surface area contributed by atoms with E-state index in [4.69, 9.17) is 5.14 Å². The molecule has 1 rings (SSSR count). The lowest BCUT2D eigenvalue weighted by Gasteiger charge is -2.07. The van der Waals surface area contributed by atoms with E-state index in [0.717, 1.165) is 18.4 Å². The minimum absolute atomic E-state index is 0.0894. The van der Waals surface area contributed by atoms with Gasteiger partial charge < -0.3 is 10.6 Å². The molecule has 1 aromatic rings. The Bertz CT molecular complexity index is 526. The fourth-order valence-electron chi connectivity index (χ4n) is 1.61. The second-order valence-corrected chi connectivity index (χ2v) is 6.04. The smallest absolute Gasteiger partial charge is 0.314 e. The number of hydrogen-bond donors (Lipinski definition) is 3. The van der Waals surface area contributed by atoms with Gasteiger partial charge in [0, 0.05) is 13.1 Å². The van der Waals surface area contributed by atoms with Crippen molar-refractivity contribution in [3.63, 3.8) is 0 Å². The van der Waals surface area contributed by atoms with Gasteiger partial charge in [0.2, 0.25) is 10.0 Å². The molecule has 4 N–H and O–H groups in total. The van der Waals surface area contributed by atoms with E-state index in [2.05, 4.69) is 17.6 Å². The van der Waals surface area contributed by atoms with Crippen LogP contribution in [0.1, 0.15) is 25.3 Å². The van der Waals surface area contributed by atoms with Crippen LogP contribution in [0.5, 0.6) is 0 Å². The summed E-state index contributed by atoms with van der Waals surface area (Å²) in [6.45, 7) is 3.23. The molecule has 7 heteroatoms. The predicted molar refractivity (Wildman–Crippen MR) is 77.8 cm³/mol. The summed E-state index contributed by atoms with van der Waals surface area (Å²) in [5.41, 5.74) is 0.936. The number of carbonyl (C=O) groups is 1. The molecule has 0 aromatic heterocycles. The molecule has 0 heterocycles. The summed E-state index contributed by atoms with van der Waals surface area (Å²) in [7, 11) is -3.65. The standard InChI is InChI=1S/C13H21N3O3S/c1-2-3-9-15-13(17)16-10-8-11-4-6-12(7-5-11)20(14,18)19/h4-7H,2-3,8-10H2,1H3,(H2,14,18,19)(H2,15,16,17). The van der Waals surface area contributed by atoms with Crippen LogP contribution in [0.4, 0.5) is 4.79 Å². The number of urea groups is 1. The van der Waals surface area contributed by atoms with Gasteiger partial charge in [0.15, 0.2) is 0 Å². The Hall–Kier alpha value is -1.60. The molecule has 0 radical (unpaired) electrons. The van der Waals surface area contributed by atoms with Crippen molar-refractivity contribution >= 4 is 16.1 Å². The number of unbranched alkanes of at least 4 members (excludes halogenated alkanes) is 1. The van der Waals surface area contributed by atoms with Crippen LogP contribution in [-0.4, -0.2) is 27.5 Å². The van der Waals surface area contributed by atoms with Crippen LogP contribution < -0.4 is 15.8 Å². The molecule has 2 amide bonds. The first kappa shape index (κ1) is 16.5. The van der Waals surface area contributed by atoms with Crippen LogP contribution in [0, 0.1) is 0 Å². The Balaban J connectivity index is 2.34. The van der Waals surface area contributed by atoms with Gasteiger partial charge in [0.25, 0.3) is 0 Å². The average molecular weight is 299 g/mol. The molecule has 6 nitrogen and oxygen atoms in total. The highest BCUT2D eigenvalue weighted by Crippen LogP contribution is 2.08. The van der Waals surface area contributed by atoms with Gasteiger partial charge in [0.1, 0.15) is 0 Å². The number of sulfonamides is 1. The number of hydrogen-bond acceptors (Lipinski definition) is 3. The van der Waals surface area contributed by atoms with Crippen molar-refractivity contribution in [2.24, 2.45) is 5.14 Å². The average Bonchev–Trinajstić information content (AvgIpc) is 2.38. The van der Waals surface area contributed by atoms with Crippen LogP contribution in [0.3, 0.4) is 0 Å². The van der Waals surface area contributed by atoms with Crippen molar-refractivity contribution < 1.29 is 13.2 Å². The monoisotopic (exact) mass is 299 g/mol. The lowest BCUT2D eigenvalue weighted by Crippen LogP contribution is -2.37. The first-order valence-corrected chi connectivity index (χ1v) is 8.11. The number of nitrogens with two attached hydrogens (primary N) is 1. The topological polar surface area (TPSA) is 101 Å². The third-order valence-corrected chi connectivity index (χ3v) is 3.70. The molecule has 0 aliphatic carbocycles. The summed E-state index contributed by atoms with van der Waals surface area (Å²) in [4.78, 5) is 11.5. The third-order valence-electron chi connectivity index (χ3n) is 2.77. The number of benzene rings is 1. The van der Waals surface area contributed by atoms with Crippen molar-refractivity contribution in [1.82, 2.24) is 10.6 Å². The Morgan fingerprint density at radius 1 is 1.15 bits per heavy atom. The van der Waals surface area contributed by atoms with Crippen LogP contribution in [0.2, 0.25) is 0 Å². The quantitative estimate of drug-likeness (QED) is 0.654. The highest BCUT2D eigenvalue weighted by atomic mass is 32.2. The number of primary sulfonamides is 1. The summed E-state index contributed by atoms with van der Waals surface area (Å²) in [6.07, 6.45) is 2.63. The molecule has 20 heavy (non-hydrogen) atoms. The summed E-state index contributed by atoms with van der Waals surface area (Å²) >= 11 is 0. The summed E-state index contributed by atoms with van der Waals surface area (Å²) in [5.74, 6) is 0. The second kappa shape index (κ2) is 7.86. The molecular weight excluding hydrogens is 278 g/mol. The van der Waals surface area contributed by atoms with Gasteiger partial charge in [-0.2, -0.15) is 0 Å². The molecule has 0 saturated heterocycles. The van der Waals surface area contributed by atoms with E-state index in [1.807, 2.05) is 0 Å². The van der Waals surface area contributed by atoms with Gasteiger partial charge in [-0.15, -0.1) is 0 Å². The number of nitrogens with one attached hydrogen (secondary N) is 2. The highest BCUT2D eigenvalue weighted by Gasteiger charge is 2.06. The molecule has 1 aromatic carbocycles. The van der Waals surface area contributed by atoms with Crippen molar-refractivity contribution in [1.29, 1.82) is 0 Å². The lowest BCUT2D eigenvalue weighted by atomic mass is 10.1. The Morgan fingerprint density at radius 2 is 1.75 bits per heavy atom. The molecule has 0 saturated carbocycles. The van der Waals surface area contributed by atoms with Gasteiger partial charge in [-0.25, -0.2) is 18.4 Å². The first-order valence-electron chi connectivity index (χ1n) is 6.57. The Labute approximate surface area is 119 Å². The molecule has 0 atom stereocenters. The van der Waals surface area contributed by atoms with Crippen LogP contribution >= 0.6 is 0 Å². The molecule has 0 spiro atoms. The first-order chi connectivity index (χ1) is 9.43. The Kier molecular flexibility index (Phi) is 6.47. The predicted octanol–water partition coefficient (Wildman–Crippen LogP) is 0.976. The number of amides is 2. The minimum Gasteiger partial charge on any atom is -0.338 e.